The van der Waals surface area contributed by atoms with Crippen LogP contribution in [-0.2, 0) is 4.79 Å². The van der Waals surface area contributed by atoms with Crippen LogP contribution in [0.25, 0.3) is 22.2 Å². The molecule has 2 heterocycles. The highest BCUT2D eigenvalue weighted by atomic mass is 19.2. The van der Waals surface area contributed by atoms with Crippen molar-refractivity contribution >= 4 is 22.6 Å². The zero-order valence-corrected chi connectivity index (χ0v) is 20.5. The van der Waals surface area contributed by atoms with Crippen molar-refractivity contribution < 1.29 is 13.6 Å². The second kappa shape index (κ2) is 8.54. The summed E-state index contributed by atoms with van der Waals surface area (Å²) in [5.41, 5.74) is 4.00. The van der Waals surface area contributed by atoms with E-state index in [1.165, 1.54) is 6.07 Å². The van der Waals surface area contributed by atoms with E-state index < -0.39 is 11.6 Å². The molecule has 186 valence electrons. The van der Waals surface area contributed by atoms with Gasteiger partial charge in [-0.05, 0) is 62.1 Å². The van der Waals surface area contributed by atoms with Gasteiger partial charge in [-0.1, -0.05) is 19.1 Å². The summed E-state index contributed by atoms with van der Waals surface area (Å²) in [6.45, 7) is 6.19. The van der Waals surface area contributed by atoms with Crippen LogP contribution in [0.15, 0.2) is 55.1 Å². The molecule has 2 fully saturated rings. The Morgan fingerprint density at radius 1 is 1.03 bits per heavy atom. The Balaban J connectivity index is 1.07. The lowest BCUT2D eigenvalue weighted by molar-refractivity contribution is -0.120. The fourth-order valence-corrected chi connectivity index (χ4v) is 6.09. The summed E-state index contributed by atoms with van der Waals surface area (Å²) in [6.07, 6.45) is 7.42. The number of carbonyl (C=O) groups is 1. The smallest absolute Gasteiger partial charge is 0.227 e. The maximum Gasteiger partial charge on any atom is 0.227 e. The van der Waals surface area contributed by atoms with Gasteiger partial charge >= 0.3 is 0 Å². The third-order valence-corrected chi connectivity index (χ3v) is 8.10. The number of benzene rings is 2. The molecule has 0 aliphatic heterocycles. The van der Waals surface area contributed by atoms with Gasteiger partial charge in [-0.15, -0.1) is 0 Å². The van der Waals surface area contributed by atoms with Gasteiger partial charge in [0.25, 0.3) is 0 Å². The lowest BCUT2D eigenvalue weighted by Crippen LogP contribution is -2.24. The third kappa shape index (κ3) is 3.88. The Morgan fingerprint density at radius 2 is 1.72 bits per heavy atom. The van der Waals surface area contributed by atoms with Gasteiger partial charge in [0.15, 0.2) is 11.6 Å². The maximum atomic E-state index is 13.8. The van der Waals surface area contributed by atoms with Crippen molar-refractivity contribution in [1.29, 1.82) is 0 Å². The first kappa shape index (κ1) is 22.9. The molecule has 6 rings (SSSR count). The van der Waals surface area contributed by atoms with Crippen molar-refractivity contribution in [3.63, 3.8) is 0 Å². The van der Waals surface area contributed by atoms with Crippen molar-refractivity contribution in [1.82, 2.24) is 19.3 Å². The average Bonchev–Trinajstić information content (AvgIpc) is 3.30. The number of hydrogen-bond donors (Lipinski definition) is 1. The van der Waals surface area contributed by atoms with Crippen molar-refractivity contribution in [2.75, 3.05) is 5.32 Å². The van der Waals surface area contributed by atoms with Crippen molar-refractivity contribution in [3.05, 3.63) is 66.8 Å². The highest BCUT2D eigenvalue weighted by Crippen LogP contribution is 2.64. The quantitative estimate of drug-likeness (QED) is 0.349. The number of nitrogens with one attached hydrogen (secondary N) is 1. The molecule has 1 amide bonds. The Morgan fingerprint density at radius 3 is 2.39 bits per heavy atom. The van der Waals surface area contributed by atoms with E-state index in [1.54, 1.807) is 6.33 Å². The SMILES string of the molecule is CC(C)n1cc(-c2ccc(NC(=O)[C@@H](C)[C@H]3[C@@H]4C[C@@H](n5cnc6cc(F)c(F)cc65)C[C@@H]43)cc2)cn1. The summed E-state index contributed by atoms with van der Waals surface area (Å²) >= 11 is 0. The molecule has 5 atom stereocenters. The second-order valence-electron chi connectivity index (χ2n) is 10.6. The van der Waals surface area contributed by atoms with Gasteiger partial charge in [0.1, 0.15) is 0 Å². The molecule has 2 aliphatic rings. The first-order valence-electron chi connectivity index (χ1n) is 12.6. The molecule has 0 radical (unpaired) electrons. The van der Waals surface area contributed by atoms with Crippen LogP contribution in [0.1, 0.15) is 45.7 Å². The summed E-state index contributed by atoms with van der Waals surface area (Å²) in [5, 5.41) is 7.47. The lowest BCUT2D eigenvalue weighted by Gasteiger charge is -2.20. The van der Waals surface area contributed by atoms with Crippen molar-refractivity contribution in [2.24, 2.45) is 23.7 Å². The Hall–Kier alpha value is -3.55. The van der Waals surface area contributed by atoms with E-state index in [-0.39, 0.29) is 17.9 Å². The molecule has 0 spiro atoms. The highest BCUT2D eigenvalue weighted by Gasteiger charge is 2.59. The number of aromatic nitrogens is 4. The summed E-state index contributed by atoms with van der Waals surface area (Å²) in [6, 6.07) is 10.8. The van der Waals surface area contributed by atoms with Crippen LogP contribution in [0.3, 0.4) is 0 Å². The molecule has 0 bridgehead atoms. The minimum absolute atomic E-state index is 0.0388. The Labute approximate surface area is 208 Å². The molecule has 0 saturated heterocycles. The summed E-state index contributed by atoms with van der Waals surface area (Å²) in [5.74, 6) is -0.482. The largest absolute Gasteiger partial charge is 0.327 e. The summed E-state index contributed by atoms with van der Waals surface area (Å²) in [7, 11) is 0. The molecule has 1 N–H and O–H groups in total. The number of imidazole rings is 1. The average molecular weight is 490 g/mol. The number of amides is 1. The molecule has 8 heteroatoms. The third-order valence-electron chi connectivity index (χ3n) is 8.10. The number of carbonyl (C=O) groups excluding carboxylic acids is 1. The molecule has 36 heavy (non-hydrogen) atoms. The first-order chi connectivity index (χ1) is 17.3. The van der Waals surface area contributed by atoms with Gasteiger partial charge in [-0.3, -0.25) is 9.48 Å². The highest BCUT2D eigenvalue weighted by molar-refractivity contribution is 5.93. The number of fused-ring (bicyclic) bond motifs is 2. The van der Waals surface area contributed by atoms with Gasteiger partial charge < -0.3 is 9.88 Å². The number of halogens is 2. The Bertz CT molecular complexity index is 1430. The van der Waals surface area contributed by atoms with E-state index in [1.807, 2.05) is 52.8 Å². The molecular weight excluding hydrogens is 460 g/mol. The monoisotopic (exact) mass is 489 g/mol. The summed E-state index contributed by atoms with van der Waals surface area (Å²) < 4.78 is 31.2. The van der Waals surface area contributed by atoms with Crippen LogP contribution in [-0.4, -0.2) is 25.2 Å². The van der Waals surface area contributed by atoms with Crippen LogP contribution >= 0.6 is 0 Å². The number of hydrogen-bond acceptors (Lipinski definition) is 3. The van der Waals surface area contributed by atoms with E-state index in [2.05, 4.69) is 29.2 Å². The van der Waals surface area contributed by atoms with Crippen LogP contribution in [0.2, 0.25) is 0 Å². The topological polar surface area (TPSA) is 64.7 Å². The Kier molecular flexibility index (Phi) is 5.43. The number of nitrogens with zero attached hydrogens (tertiary/aromatic N) is 4. The minimum Gasteiger partial charge on any atom is -0.327 e. The van der Waals surface area contributed by atoms with E-state index in [9.17, 15) is 13.6 Å². The zero-order valence-electron chi connectivity index (χ0n) is 20.5. The second-order valence-corrected chi connectivity index (χ2v) is 10.6. The summed E-state index contributed by atoms with van der Waals surface area (Å²) in [4.78, 5) is 17.3. The first-order valence-corrected chi connectivity index (χ1v) is 12.6. The van der Waals surface area contributed by atoms with E-state index in [4.69, 9.17) is 0 Å². The van der Waals surface area contributed by atoms with Crippen LogP contribution in [0.4, 0.5) is 14.5 Å². The number of rotatable bonds is 6. The van der Waals surface area contributed by atoms with Gasteiger partial charge in [0, 0.05) is 47.6 Å². The lowest BCUT2D eigenvalue weighted by atomic mass is 9.96. The molecule has 2 aliphatic carbocycles. The van der Waals surface area contributed by atoms with E-state index in [0.29, 0.717) is 34.8 Å². The maximum absolute atomic E-state index is 13.8. The van der Waals surface area contributed by atoms with Crippen molar-refractivity contribution in [3.8, 4) is 11.1 Å². The van der Waals surface area contributed by atoms with E-state index in [0.717, 1.165) is 35.7 Å². The molecule has 2 aromatic heterocycles. The molecule has 0 unspecified atom stereocenters. The molecule has 6 nitrogen and oxygen atoms in total. The van der Waals surface area contributed by atoms with Crippen LogP contribution < -0.4 is 5.32 Å². The fourth-order valence-electron chi connectivity index (χ4n) is 6.09. The normalized spacial score (nSPS) is 23.7. The van der Waals surface area contributed by atoms with E-state index >= 15 is 0 Å². The zero-order chi connectivity index (χ0) is 25.1. The molecular formula is C28H29F2N5O. The van der Waals surface area contributed by atoms with Gasteiger partial charge in [-0.25, -0.2) is 13.8 Å². The molecule has 2 aromatic carbocycles. The minimum atomic E-state index is -0.876. The van der Waals surface area contributed by atoms with Gasteiger partial charge in [-0.2, -0.15) is 5.10 Å². The number of anilines is 1. The molecule has 4 aromatic rings. The van der Waals surface area contributed by atoms with Gasteiger partial charge in [0.2, 0.25) is 5.91 Å². The predicted molar refractivity (Wildman–Crippen MR) is 134 cm³/mol. The van der Waals surface area contributed by atoms with Crippen LogP contribution in [0, 0.1) is 35.3 Å². The standard InChI is InChI=1S/C28H29F2N5O/c1-15(2)35-13-18(12-32-35)17-4-6-19(7-5-17)33-28(36)16(3)27-21-8-20(9-22(21)27)34-14-31-25-10-23(29)24(30)11-26(25)34/h4-7,10-16,20-22,27H,8-9H2,1-3H3,(H,33,36)/t16-,20-,21-,22+,27+/m0/s1. The van der Waals surface area contributed by atoms with Crippen LogP contribution in [0.5, 0.6) is 0 Å². The van der Waals surface area contributed by atoms with Gasteiger partial charge in [0.05, 0.1) is 23.6 Å². The predicted octanol–water partition coefficient (Wildman–Crippen LogP) is 6.23. The fraction of sp³-hybridized carbons (Fsp3) is 0.393. The molecule has 2 saturated carbocycles. The van der Waals surface area contributed by atoms with Crippen molar-refractivity contribution in [2.45, 2.75) is 45.7 Å².